The van der Waals surface area contributed by atoms with Crippen LogP contribution in [0.15, 0.2) is 36.7 Å². The topological polar surface area (TPSA) is 197 Å². The van der Waals surface area contributed by atoms with Gasteiger partial charge in [0, 0.05) is 0 Å². The molecule has 1 aromatic carbocycles. The molecule has 1 saturated carbocycles. The average molecular weight is 511 g/mol. The SMILES string of the molecule is CC(C)OC(=O)[C@H](C)NP(=O)(Oc1ccccc1)OC1[C@H]2O[C@@H](n3cnc(C(N)=O)n3)[C@H](O)[C@@]12O. The first kappa shape index (κ1) is 25.2. The first-order valence-electron chi connectivity index (χ1n) is 10.7. The number of aliphatic hydroxyl groups excluding tert-OH is 1. The lowest BCUT2D eigenvalue weighted by atomic mass is 10.1. The molecule has 0 spiro atoms. The number of ether oxygens (including phenoxy) is 2. The Kier molecular flexibility index (Phi) is 6.70. The van der Waals surface area contributed by atoms with E-state index in [2.05, 4.69) is 15.2 Å². The third kappa shape index (κ3) is 4.94. The van der Waals surface area contributed by atoms with Crippen LogP contribution in [0.1, 0.15) is 37.6 Å². The van der Waals surface area contributed by atoms with Crippen LogP contribution in [-0.4, -0.2) is 72.9 Å². The van der Waals surface area contributed by atoms with Gasteiger partial charge in [-0.2, -0.15) is 5.09 Å². The molecule has 2 aromatic rings. The Morgan fingerprint density at radius 2 is 1.97 bits per heavy atom. The van der Waals surface area contributed by atoms with Crippen LogP contribution in [0.3, 0.4) is 0 Å². The van der Waals surface area contributed by atoms with Crippen LogP contribution in [0.2, 0.25) is 0 Å². The molecule has 1 amide bonds. The lowest BCUT2D eigenvalue weighted by Gasteiger charge is -2.26. The number of nitrogens with two attached hydrogens (primary N) is 1. The molecule has 0 radical (unpaired) electrons. The van der Waals surface area contributed by atoms with E-state index in [0.29, 0.717) is 0 Å². The van der Waals surface area contributed by atoms with Crippen molar-refractivity contribution in [2.45, 2.75) is 63.1 Å². The first-order chi connectivity index (χ1) is 16.4. The van der Waals surface area contributed by atoms with E-state index in [1.807, 2.05) is 0 Å². The van der Waals surface area contributed by atoms with E-state index in [-0.39, 0.29) is 11.6 Å². The molecule has 14 nitrogen and oxygen atoms in total. The van der Waals surface area contributed by atoms with E-state index in [1.165, 1.54) is 19.1 Å². The minimum Gasteiger partial charge on any atom is -0.462 e. The Bertz CT molecular complexity index is 1150. The molecule has 2 unspecified atom stereocenters. The molecule has 5 N–H and O–H groups in total. The standard InChI is InChI=1S/C20H26N5O9P/c1-10(2)31-19(28)11(3)24-35(30,33-12-7-5-4-6-8-12)34-15-14-20(15,29)13(26)18(32-14)25-9-22-17(23-25)16(21)27/h4-11,13-15,18,26,29H,1-3H3,(H2,21,27)(H,24,30)/t11-,13-,14+,15?,18+,20-,35?/m0/s1. The molecule has 190 valence electrons. The van der Waals surface area contributed by atoms with Gasteiger partial charge < -0.3 is 29.9 Å². The fourth-order valence-corrected chi connectivity index (χ4v) is 5.34. The van der Waals surface area contributed by atoms with E-state index in [4.69, 9.17) is 24.3 Å². The molecular formula is C20H26N5O9P. The fraction of sp³-hybridized carbons (Fsp3) is 0.500. The number of aromatic nitrogens is 3. The quantitative estimate of drug-likeness (QED) is 0.244. The molecule has 1 saturated heterocycles. The maximum atomic E-state index is 13.7. The number of hydrogen-bond acceptors (Lipinski definition) is 11. The van der Waals surface area contributed by atoms with E-state index >= 15 is 0 Å². The Morgan fingerprint density at radius 1 is 1.29 bits per heavy atom. The maximum absolute atomic E-state index is 13.7. The van der Waals surface area contributed by atoms with E-state index in [9.17, 15) is 24.4 Å². The van der Waals surface area contributed by atoms with Crippen molar-refractivity contribution >= 4 is 19.6 Å². The number of fused-ring (bicyclic) bond motifs is 1. The predicted octanol–water partition coefficient (Wildman–Crippen LogP) is -0.118. The van der Waals surface area contributed by atoms with Crippen molar-refractivity contribution in [3.05, 3.63) is 42.5 Å². The van der Waals surface area contributed by atoms with Crippen LogP contribution in [0.5, 0.6) is 5.75 Å². The van der Waals surface area contributed by atoms with Gasteiger partial charge >= 0.3 is 13.7 Å². The Hall–Kier alpha value is -2.87. The Labute approximate surface area is 199 Å². The summed E-state index contributed by atoms with van der Waals surface area (Å²) in [6.07, 6.45) is -4.47. The number of benzene rings is 1. The summed E-state index contributed by atoms with van der Waals surface area (Å²) in [5, 5.41) is 28.0. The van der Waals surface area contributed by atoms with Crippen LogP contribution < -0.4 is 15.3 Å². The van der Waals surface area contributed by atoms with Gasteiger partial charge in [0.05, 0.1) is 6.10 Å². The predicted molar refractivity (Wildman–Crippen MR) is 117 cm³/mol. The van der Waals surface area contributed by atoms with Crippen LogP contribution in [0.25, 0.3) is 0 Å². The number of rotatable bonds is 10. The van der Waals surface area contributed by atoms with Crippen molar-refractivity contribution in [3.63, 3.8) is 0 Å². The van der Waals surface area contributed by atoms with E-state index < -0.39 is 61.9 Å². The lowest BCUT2D eigenvalue weighted by Crippen LogP contribution is -2.39. The highest BCUT2D eigenvalue weighted by atomic mass is 31.2. The van der Waals surface area contributed by atoms with Gasteiger partial charge in [-0.3, -0.25) is 14.1 Å². The summed E-state index contributed by atoms with van der Waals surface area (Å²) in [4.78, 5) is 27.2. The van der Waals surface area contributed by atoms with Crippen molar-refractivity contribution in [1.82, 2.24) is 19.9 Å². The molecule has 2 heterocycles. The van der Waals surface area contributed by atoms with Crippen molar-refractivity contribution in [2.24, 2.45) is 5.73 Å². The third-order valence-electron chi connectivity index (χ3n) is 5.38. The van der Waals surface area contributed by atoms with Crippen LogP contribution >= 0.6 is 7.75 Å². The van der Waals surface area contributed by atoms with Gasteiger partial charge in [0.1, 0.15) is 36.4 Å². The number of carbonyl (C=O) groups excluding carboxylic acids is 2. The van der Waals surface area contributed by atoms with Gasteiger partial charge in [0.25, 0.3) is 5.91 Å². The van der Waals surface area contributed by atoms with Gasteiger partial charge in [0.15, 0.2) is 11.8 Å². The first-order valence-corrected chi connectivity index (χ1v) is 12.3. The van der Waals surface area contributed by atoms with Crippen molar-refractivity contribution < 1.29 is 42.9 Å². The minimum atomic E-state index is -4.31. The summed E-state index contributed by atoms with van der Waals surface area (Å²) in [7, 11) is -4.31. The highest BCUT2D eigenvalue weighted by Gasteiger charge is 2.79. The molecule has 15 heteroatoms. The van der Waals surface area contributed by atoms with Gasteiger partial charge in [-0.15, -0.1) is 5.10 Å². The molecule has 1 aliphatic heterocycles. The second-order valence-electron chi connectivity index (χ2n) is 8.46. The highest BCUT2D eigenvalue weighted by molar-refractivity contribution is 7.52. The van der Waals surface area contributed by atoms with E-state index in [1.54, 1.807) is 32.0 Å². The summed E-state index contributed by atoms with van der Waals surface area (Å²) in [5.41, 5.74) is 3.16. The molecule has 2 fully saturated rings. The number of aliphatic hydroxyl groups is 2. The van der Waals surface area contributed by atoms with Gasteiger partial charge in [0.2, 0.25) is 5.82 Å². The number of amides is 1. The van der Waals surface area contributed by atoms with Gasteiger partial charge in [-0.1, -0.05) is 18.2 Å². The third-order valence-corrected chi connectivity index (χ3v) is 7.03. The zero-order valence-corrected chi connectivity index (χ0v) is 19.9. The summed E-state index contributed by atoms with van der Waals surface area (Å²) in [5.74, 6) is -1.70. The molecule has 2 aliphatic rings. The molecule has 1 aliphatic carbocycles. The van der Waals surface area contributed by atoms with Gasteiger partial charge in [-0.05, 0) is 32.9 Å². The minimum absolute atomic E-state index is 0.173. The largest absolute Gasteiger partial charge is 0.462 e. The summed E-state index contributed by atoms with van der Waals surface area (Å²) >= 11 is 0. The van der Waals surface area contributed by atoms with E-state index in [0.717, 1.165) is 11.0 Å². The maximum Gasteiger partial charge on any atom is 0.459 e. The fourth-order valence-electron chi connectivity index (χ4n) is 3.63. The molecule has 1 aromatic heterocycles. The smallest absolute Gasteiger partial charge is 0.459 e. The molecule has 7 atom stereocenters. The number of hydrogen-bond donors (Lipinski definition) is 4. The number of esters is 1. The summed E-state index contributed by atoms with van der Waals surface area (Å²) < 4.78 is 36.6. The monoisotopic (exact) mass is 511 g/mol. The zero-order valence-electron chi connectivity index (χ0n) is 19.0. The Balaban J connectivity index is 1.50. The normalized spacial score (nSPS) is 29.8. The van der Waals surface area contributed by atoms with Crippen molar-refractivity contribution in [2.75, 3.05) is 0 Å². The second-order valence-corrected chi connectivity index (χ2v) is 10.1. The summed E-state index contributed by atoms with van der Waals surface area (Å²) in [6.45, 7) is 4.75. The molecule has 35 heavy (non-hydrogen) atoms. The average Bonchev–Trinajstić information content (AvgIpc) is 3.11. The van der Waals surface area contributed by atoms with Gasteiger partial charge in [-0.25, -0.2) is 14.2 Å². The molecule has 0 bridgehead atoms. The molecular weight excluding hydrogens is 485 g/mol. The highest BCUT2D eigenvalue weighted by Crippen LogP contribution is 2.60. The van der Waals surface area contributed by atoms with Crippen LogP contribution in [0, 0.1) is 0 Å². The lowest BCUT2D eigenvalue weighted by molar-refractivity contribution is -0.149. The zero-order chi connectivity index (χ0) is 25.5. The number of nitrogens with one attached hydrogen (secondary N) is 1. The van der Waals surface area contributed by atoms with Crippen LogP contribution in [-0.2, 0) is 23.4 Å². The number of nitrogens with zero attached hydrogens (tertiary/aromatic N) is 3. The Morgan fingerprint density at radius 3 is 2.51 bits per heavy atom. The second kappa shape index (κ2) is 9.30. The van der Waals surface area contributed by atoms with Crippen molar-refractivity contribution in [3.8, 4) is 5.75 Å². The number of carbonyl (C=O) groups is 2. The number of primary amides is 1. The summed E-state index contributed by atoms with van der Waals surface area (Å²) in [6, 6.07) is 6.97. The van der Waals surface area contributed by atoms with Crippen LogP contribution in [0.4, 0.5) is 0 Å². The number of para-hydroxylation sites is 1. The van der Waals surface area contributed by atoms with Crippen molar-refractivity contribution in [1.29, 1.82) is 0 Å². The molecule has 4 rings (SSSR count).